The van der Waals surface area contributed by atoms with E-state index in [2.05, 4.69) is 5.32 Å². The first-order valence-corrected chi connectivity index (χ1v) is 7.27. The van der Waals surface area contributed by atoms with Gasteiger partial charge in [0.05, 0.1) is 0 Å². The Bertz CT molecular complexity index is 538. The fourth-order valence-electron chi connectivity index (χ4n) is 2.12. The van der Waals surface area contributed by atoms with Crippen molar-refractivity contribution in [1.29, 1.82) is 0 Å². The lowest BCUT2D eigenvalue weighted by Crippen LogP contribution is -2.48. The van der Waals surface area contributed by atoms with Gasteiger partial charge in [0.2, 0.25) is 5.91 Å². The number of nitrogens with zero attached hydrogens (tertiary/aromatic N) is 1. The van der Waals surface area contributed by atoms with Crippen LogP contribution < -0.4 is 16.0 Å². The van der Waals surface area contributed by atoms with Crippen LogP contribution in [0.5, 0.6) is 0 Å². The van der Waals surface area contributed by atoms with E-state index in [0.717, 1.165) is 6.42 Å². The third kappa shape index (κ3) is 5.39. The van der Waals surface area contributed by atoms with Crippen molar-refractivity contribution in [2.24, 2.45) is 0 Å². The molecule has 1 fully saturated rings. The Hall–Kier alpha value is -2.33. The van der Waals surface area contributed by atoms with E-state index >= 15 is 0 Å². The second-order valence-corrected chi connectivity index (χ2v) is 5.60. The molecule has 1 rings (SSSR count). The number of amides is 6. The molecule has 0 spiro atoms. The highest BCUT2D eigenvalue weighted by atomic mass is 19.4. The first-order chi connectivity index (χ1) is 11.0. The molecule has 0 radical (unpaired) electrons. The Balaban J connectivity index is 2.56. The van der Waals surface area contributed by atoms with Gasteiger partial charge in [-0.25, -0.2) is 9.59 Å². The topological polar surface area (TPSA) is 108 Å². The Morgan fingerprint density at radius 1 is 1.29 bits per heavy atom. The van der Waals surface area contributed by atoms with Gasteiger partial charge in [0.1, 0.15) is 18.6 Å². The Morgan fingerprint density at radius 2 is 1.92 bits per heavy atom. The summed E-state index contributed by atoms with van der Waals surface area (Å²) in [5.41, 5.74) is -1.13. The maximum Gasteiger partial charge on any atom is 0.405 e. The molecule has 1 aliphatic heterocycles. The highest BCUT2D eigenvalue weighted by Crippen LogP contribution is 2.23. The second kappa shape index (κ2) is 7.49. The van der Waals surface area contributed by atoms with Gasteiger partial charge >= 0.3 is 18.2 Å². The lowest BCUT2D eigenvalue weighted by Gasteiger charge is -2.21. The SMILES string of the molecule is CCCC[C@@]1(C)NC(=O)N(CC(=O)NC(=O)NCC(F)(F)F)C1=O. The second-order valence-electron chi connectivity index (χ2n) is 5.60. The number of hydrogen-bond donors (Lipinski definition) is 3. The van der Waals surface area contributed by atoms with Gasteiger partial charge in [-0.05, 0) is 13.3 Å². The summed E-state index contributed by atoms with van der Waals surface area (Å²) in [5, 5.41) is 5.55. The maximum absolute atomic E-state index is 12.2. The van der Waals surface area contributed by atoms with E-state index in [9.17, 15) is 32.3 Å². The molecule has 1 saturated heterocycles. The number of urea groups is 2. The van der Waals surface area contributed by atoms with E-state index in [0.29, 0.717) is 17.7 Å². The quantitative estimate of drug-likeness (QED) is 0.617. The van der Waals surface area contributed by atoms with Gasteiger partial charge in [-0.3, -0.25) is 19.8 Å². The zero-order valence-electron chi connectivity index (χ0n) is 13.2. The maximum atomic E-state index is 12.2. The zero-order chi connectivity index (χ0) is 18.5. The van der Waals surface area contributed by atoms with E-state index in [1.54, 1.807) is 5.32 Å². The predicted octanol–water partition coefficient (Wildman–Crippen LogP) is 0.875. The summed E-state index contributed by atoms with van der Waals surface area (Å²) in [6.45, 7) is 1.07. The van der Waals surface area contributed by atoms with Crippen molar-refractivity contribution < 1.29 is 32.3 Å². The molecule has 136 valence electrons. The summed E-state index contributed by atoms with van der Waals surface area (Å²) < 4.78 is 35.8. The van der Waals surface area contributed by atoms with Crippen LogP contribution in [0.1, 0.15) is 33.1 Å². The van der Waals surface area contributed by atoms with Crippen LogP contribution in [0.4, 0.5) is 22.8 Å². The first kappa shape index (κ1) is 19.7. The largest absolute Gasteiger partial charge is 0.405 e. The molecule has 0 unspecified atom stereocenters. The minimum absolute atomic E-state index is 0.387. The fraction of sp³-hybridized carbons (Fsp3) is 0.692. The third-order valence-corrected chi connectivity index (χ3v) is 3.38. The van der Waals surface area contributed by atoms with Gasteiger partial charge in [0.15, 0.2) is 0 Å². The molecule has 1 atom stereocenters. The van der Waals surface area contributed by atoms with Crippen LogP contribution in [-0.2, 0) is 9.59 Å². The highest BCUT2D eigenvalue weighted by Gasteiger charge is 2.47. The summed E-state index contributed by atoms with van der Waals surface area (Å²) in [6, 6.07) is -2.15. The van der Waals surface area contributed by atoms with Gasteiger partial charge in [-0.2, -0.15) is 13.2 Å². The summed E-state index contributed by atoms with van der Waals surface area (Å²) >= 11 is 0. The minimum atomic E-state index is -4.62. The summed E-state index contributed by atoms with van der Waals surface area (Å²) in [4.78, 5) is 47.5. The van der Waals surface area contributed by atoms with Crippen molar-refractivity contribution in [3.8, 4) is 0 Å². The number of imide groups is 2. The van der Waals surface area contributed by atoms with Crippen LogP contribution in [0.15, 0.2) is 0 Å². The normalized spacial score (nSPS) is 20.8. The van der Waals surface area contributed by atoms with Crippen LogP contribution in [0.2, 0.25) is 0 Å². The summed E-state index contributed by atoms with van der Waals surface area (Å²) in [5.74, 6) is -1.69. The molecule has 6 amide bonds. The number of carbonyl (C=O) groups is 4. The van der Waals surface area contributed by atoms with E-state index in [1.165, 1.54) is 12.2 Å². The van der Waals surface area contributed by atoms with Gasteiger partial charge in [0, 0.05) is 0 Å². The number of carbonyl (C=O) groups excluding carboxylic acids is 4. The van der Waals surface area contributed by atoms with Crippen LogP contribution in [0.25, 0.3) is 0 Å². The molecule has 24 heavy (non-hydrogen) atoms. The molecule has 0 aromatic heterocycles. The molecular formula is C13H19F3N4O4. The molecule has 0 bridgehead atoms. The molecule has 3 N–H and O–H groups in total. The molecule has 1 heterocycles. The Kier molecular flexibility index (Phi) is 6.16. The lowest BCUT2D eigenvalue weighted by atomic mass is 9.95. The number of hydrogen-bond acceptors (Lipinski definition) is 4. The van der Waals surface area contributed by atoms with Gasteiger partial charge in [-0.15, -0.1) is 0 Å². The number of rotatable bonds is 6. The summed E-state index contributed by atoms with van der Waals surface area (Å²) in [7, 11) is 0. The summed E-state index contributed by atoms with van der Waals surface area (Å²) in [6.07, 6.45) is -2.74. The molecule has 8 nitrogen and oxygen atoms in total. The average Bonchev–Trinajstić information content (AvgIpc) is 2.66. The minimum Gasteiger partial charge on any atom is -0.329 e. The molecule has 0 saturated carbocycles. The zero-order valence-corrected chi connectivity index (χ0v) is 13.2. The van der Waals surface area contributed by atoms with Gasteiger partial charge in [-0.1, -0.05) is 19.8 Å². The number of halogens is 3. The highest BCUT2D eigenvalue weighted by molar-refractivity contribution is 6.09. The van der Waals surface area contributed by atoms with Gasteiger partial charge in [0.25, 0.3) is 5.91 Å². The third-order valence-electron chi connectivity index (χ3n) is 3.38. The van der Waals surface area contributed by atoms with Crippen molar-refractivity contribution in [2.45, 2.75) is 44.8 Å². The predicted molar refractivity (Wildman–Crippen MR) is 75.8 cm³/mol. The fourth-order valence-corrected chi connectivity index (χ4v) is 2.12. The van der Waals surface area contributed by atoms with Crippen LogP contribution in [0, 0.1) is 0 Å². The van der Waals surface area contributed by atoms with Crippen molar-refractivity contribution >= 4 is 23.9 Å². The molecule has 0 aromatic carbocycles. The Morgan fingerprint density at radius 3 is 2.46 bits per heavy atom. The number of alkyl halides is 3. The van der Waals surface area contributed by atoms with E-state index in [4.69, 9.17) is 0 Å². The van der Waals surface area contributed by atoms with Crippen LogP contribution in [-0.4, -0.2) is 53.6 Å². The van der Waals surface area contributed by atoms with Crippen LogP contribution >= 0.6 is 0 Å². The standard InChI is InChI=1S/C13H19F3N4O4/c1-3-4-5-12(2)9(22)20(11(24)19-12)6-8(21)18-10(23)17-7-13(14,15)16/h3-7H2,1-2H3,(H,19,24)(H2,17,18,21,23)/t12-/m1/s1. The van der Waals surface area contributed by atoms with Crippen molar-refractivity contribution in [3.63, 3.8) is 0 Å². The van der Waals surface area contributed by atoms with E-state index in [-0.39, 0.29) is 0 Å². The molecule has 0 aliphatic carbocycles. The monoisotopic (exact) mass is 352 g/mol. The van der Waals surface area contributed by atoms with E-state index in [1.807, 2.05) is 6.92 Å². The molecule has 0 aromatic rings. The molecular weight excluding hydrogens is 333 g/mol. The van der Waals surface area contributed by atoms with Gasteiger partial charge < -0.3 is 10.6 Å². The number of nitrogens with one attached hydrogen (secondary N) is 3. The molecule has 11 heteroatoms. The van der Waals surface area contributed by atoms with Crippen molar-refractivity contribution in [1.82, 2.24) is 20.9 Å². The smallest absolute Gasteiger partial charge is 0.329 e. The first-order valence-electron chi connectivity index (χ1n) is 7.27. The van der Waals surface area contributed by atoms with Crippen molar-refractivity contribution in [3.05, 3.63) is 0 Å². The Labute approximate surface area is 136 Å². The van der Waals surface area contributed by atoms with Crippen LogP contribution in [0.3, 0.4) is 0 Å². The lowest BCUT2D eigenvalue weighted by molar-refractivity contribution is -0.134. The molecule has 1 aliphatic rings. The average molecular weight is 352 g/mol. The van der Waals surface area contributed by atoms with Crippen molar-refractivity contribution in [2.75, 3.05) is 13.1 Å². The number of unbranched alkanes of at least 4 members (excludes halogenated alkanes) is 1. The van der Waals surface area contributed by atoms with E-state index < -0.39 is 48.7 Å².